The lowest BCUT2D eigenvalue weighted by atomic mass is 10.1. The van der Waals surface area contributed by atoms with E-state index >= 15 is 0 Å². The van der Waals surface area contributed by atoms with Crippen LogP contribution in [-0.2, 0) is 22.6 Å². The molecule has 0 saturated carbocycles. The van der Waals surface area contributed by atoms with Gasteiger partial charge in [0, 0.05) is 56.9 Å². The Balaban J connectivity index is 1.31. The number of hydrogen-bond donors (Lipinski definition) is 1. The van der Waals surface area contributed by atoms with Gasteiger partial charge in [-0.3, -0.25) is 19.3 Å². The van der Waals surface area contributed by atoms with E-state index in [2.05, 4.69) is 11.8 Å². The van der Waals surface area contributed by atoms with Crippen molar-refractivity contribution in [3.05, 3.63) is 65.2 Å². The molecule has 7 nitrogen and oxygen atoms in total. The van der Waals surface area contributed by atoms with Crippen molar-refractivity contribution in [2.75, 3.05) is 37.6 Å². The number of carbonyl (C=O) groups is 3. The molecule has 7 heteroatoms. The van der Waals surface area contributed by atoms with Crippen LogP contribution in [0.15, 0.2) is 48.5 Å². The Morgan fingerprint density at radius 2 is 1.69 bits per heavy atom. The molecular formula is C25H30N4O3. The van der Waals surface area contributed by atoms with Crippen molar-refractivity contribution >= 4 is 23.4 Å². The van der Waals surface area contributed by atoms with E-state index in [1.165, 1.54) is 0 Å². The summed E-state index contributed by atoms with van der Waals surface area (Å²) in [5.41, 5.74) is 8.98. The minimum absolute atomic E-state index is 0.0299. The maximum Gasteiger partial charge on any atom is 0.248 e. The largest absolute Gasteiger partial charge is 0.366 e. The molecule has 3 amide bonds. The second-order valence-corrected chi connectivity index (χ2v) is 8.55. The molecule has 168 valence electrons. The molecule has 2 aliphatic rings. The van der Waals surface area contributed by atoms with Crippen molar-refractivity contribution in [2.24, 2.45) is 11.7 Å². The first-order chi connectivity index (χ1) is 15.5. The van der Waals surface area contributed by atoms with Gasteiger partial charge in [-0.1, -0.05) is 37.3 Å². The molecule has 0 aliphatic carbocycles. The van der Waals surface area contributed by atoms with Crippen LogP contribution in [0.25, 0.3) is 0 Å². The van der Waals surface area contributed by atoms with Gasteiger partial charge in [0.2, 0.25) is 17.7 Å². The van der Waals surface area contributed by atoms with Crippen LogP contribution in [0.3, 0.4) is 0 Å². The summed E-state index contributed by atoms with van der Waals surface area (Å²) in [5, 5.41) is 0. The van der Waals surface area contributed by atoms with Gasteiger partial charge in [0.05, 0.1) is 5.92 Å². The number of piperazine rings is 1. The van der Waals surface area contributed by atoms with Crippen LogP contribution in [0.5, 0.6) is 0 Å². The van der Waals surface area contributed by atoms with Crippen molar-refractivity contribution in [1.82, 2.24) is 9.80 Å². The van der Waals surface area contributed by atoms with Crippen molar-refractivity contribution in [3.63, 3.8) is 0 Å². The van der Waals surface area contributed by atoms with Gasteiger partial charge in [-0.05, 0) is 35.7 Å². The summed E-state index contributed by atoms with van der Waals surface area (Å²) in [6, 6.07) is 15.3. The van der Waals surface area contributed by atoms with Crippen molar-refractivity contribution in [1.29, 1.82) is 0 Å². The van der Waals surface area contributed by atoms with Gasteiger partial charge in [0.25, 0.3) is 0 Å². The molecule has 4 rings (SSSR count). The highest BCUT2D eigenvalue weighted by Crippen LogP contribution is 2.29. The number of amides is 3. The average Bonchev–Trinajstić information content (AvgIpc) is 3.20. The lowest BCUT2D eigenvalue weighted by Gasteiger charge is -2.36. The van der Waals surface area contributed by atoms with E-state index in [-0.39, 0.29) is 24.2 Å². The minimum atomic E-state index is -0.425. The normalized spacial score (nSPS) is 19.4. The quantitative estimate of drug-likeness (QED) is 0.754. The van der Waals surface area contributed by atoms with Gasteiger partial charge in [0.15, 0.2) is 0 Å². The van der Waals surface area contributed by atoms with Gasteiger partial charge in [-0.25, -0.2) is 0 Å². The number of hydrogen-bond acceptors (Lipinski definition) is 4. The summed E-state index contributed by atoms with van der Waals surface area (Å²) < 4.78 is 0. The molecule has 0 bridgehead atoms. The molecule has 0 radical (unpaired) electrons. The number of carbonyl (C=O) groups excluding carboxylic acids is 3. The second-order valence-electron chi connectivity index (χ2n) is 8.55. The Morgan fingerprint density at radius 1 is 1.00 bits per heavy atom. The molecule has 2 N–H and O–H groups in total. The van der Waals surface area contributed by atoms with E-state index in [1.54, 1.807) is 17.0 Å². The van der Waals surface area contributed by atoms with E-state index < -0.39 is 5.91 Å². The second kappa shape index (κ2) is 9.53. The molecule has 32 heavy (non-hydrogen) atoms. The average molecular weight is 435 g/mol. The lowest BCUT2D eigenvalue weighted by Crippen LogP contribution is -2.50. The highest BCUT2D eigenvalue weighted by Gasteiger charge is 2.38. The van der Waals surface area contributed by atoms with Gasteiger partial charge in [0.1, 0.15) is 0 Å². The third-order valence-corrected chi connectivity index (χ3v) is 6.47. The van der Waals surface area contributed by atoms with Crippen LogP contribution in [0.4, 0.5) is 5.69 Å². The molecule has 2 aromatic carbocycles. The van der Waals surface area contributed by atoms with Crippen LogP contribution < -0.4 is 10.6 Å². The highest BCUT2D eigenvalue weighted by atomic mass is 16.2. The third kappa shape index (κ3) is 4.67. The third-order valence-electron chi connectivity index (χ3n) is 6.47. The first-order valence-corrected chi connectivity index (χ1v) is 11.2. The van der Waals surface area contributed by atoms with Crippen LogP contribution >= 0.6 is 0 Å². The van der Waals surface area contributed by atoms with E-state index in [0.717, 1.165) is 42.9 Å². The Morgan fingerprint density at radius 3 is 2.34 bits per heavy atom. The summed E-state index contributed by atoms with van der Waals surface area (Å²) in [6.07, 6.45) is 1.13. The summed E-state index contributed by atoms with van der Waals surface area (Å²) in [6.45, 7) is 6.20. The van der Waals surface area contributed by atoms with Crippen molar-refractivity contribution < 1.29 is 14.4 Å². The number of para-hydroxylation sites is 1. The Hall–Kier alpha value is -3.19. The van der Waals surface area contributed by atoms with Crippen molar-refractivity contribution in [2.45, 2.75) is 26.3 Å². The molecular weight excluding hydrogens is 404 g/mol. The van der Waals surface area contributed by atoms with E-state index in [0.29, 0.717) is 25.2 Å². The Labute approximate surface area is 188 Å². The number of anilines is 1. The molecule has 0 spiro atoms. The Kier molecular flexibility index (Phi) is 6.55. The molecule has 1 atom stereocenters. The molecule has 2 aromatic rings. The standard InChI is InChI=1S/C25H30N4O3/c1-2-19-5-3-4-6-22(19)29-17-21(15-23(29)30)25(32)28-13-11-27(12-14-28)16-18-7-9-20(10-8-18)24(26)31/h3-10,21H,2,11-17H2,1H3,(H2,26,31). The maximum absolute atomic E-state index is 13.1. The SMILES string of the molecule is CCc1ccccc1N1CC(C(=O)N2CCN(Cc3ccc(C(N)=O)cc3)CC2)CC1=O. The van der Waals surface area contributed by atoms with Crippen LogP contribution in [0.2, 0.25) is 0 Å². The molecule has 0 aromatic heterocycles. The van der Waals surface area contributed by atoms with Gasteiger partial charge in [-0.15, -0.1) is 0 Å². The smallest absolute Gasteiger partial charge is 0.248 e. The number of primary amides is 1. The fraction of sp³-hybridized carbons (Fsp3) is 0.400. The van der Waals surface area contributed by atoms with E-state index in [4.69, 9.17) is 5.73 Å². The summed E-state index contributed by atoms with van der Waals surface area (Å²) in [5.74, 6) is -0.589. The number of benzene rings is 2. The topological polar surface area (TPSA) is 86.9 Å². The summed E-state index contributed by atoms with van der Waals surface area (Å²) in [7, 11) is 0. The predicted molar refractivity (Wildman–Crippen MR) is 123 cm³/mol. The number of aryl methyl sites for hydroxylation is 1. The zero-order valence-electron chi connectivity index (χ0n) is 18.5. The number of nitrogens with zero attached hydrogens (tertiary/aromatic N) is 3. The highest BCUT2D eigenvalue weighted by molar-refractivity contribution is 6.00. The molecule has 2 heterocycles. The number of nitrogens with two attached hydrogens (primary N) is 1. The number of rotatable bonds is 6. The molecule has 2 saturated heterocycles. The van der Waals surface area contributed by atoms with E-state index in [9.17, 15) is 14.4 Å². The molecule has 2 fully saturated rings. The summed E-state index contributed by atoms with van der Waals surface area (Å²) >= 11 is 0. The first kappa shape index (κ1) is 22.0. The van der Waals surface area contributed by atoms with Gasteiger partial charge < -0.3 is 15.5 Å². The minimum Gasteiger partial charge on any atom is -0.366 e. The predicted octanol–water partition coefficient (Wildman–Crippen LogP) is 2.05. The van der Waals surface area contributed by atoms with Crippen LogP contribution in [0, 0.1) is 5.92 Å². The zero-order valence-corrected chi connectivity index (χ0v) is 18.5. The first-order valence-electron chi connectivity index (χ1n) is 11.2. The lowest BCUT2D eigenvalue weighted by molar-refractivity contribution is -0.137. The maximum atomic E-state index is 13.1. The van der Waals surface area contributed by atoms with Gasteiger partial charge in [-0.2, -0.15) is 0 Å². The zero-order chi connectivity index (χ0) is 22.7. The van der Waals surface area contributed by atoms with Crippen LogP contribution in [-0.4, -0.2) is 60.2 Å². The van der Waals surface area contributed by atoms with Crippen LogP contribution in [0.1, 0.15) is 34.8 Å². The van der Waals surface area contributed by atoms with Crippen molar-refractivity contribution in [3.8, 4) is 0 Å². The fourth-order valence-electron chi connectivity index (χ4n) is 4.60. The van der Waals surface area contributed by atoms with Gasteiger partial charge >= 0.3 is 0 Å². The molecule has 1 unspecified atom stereocenters. The van der Waals surface area contributed by atoms with E-state index in [1.807, 2.05) is 41.3 Å². The Bertz CT molecular complexity index is 997. The fourth-order valence-corrected chi connectivity index (χ4v) is 4.60. The summed E-state index contributed by atoms with van der Waals surface area (Å²) in [4.78, 5) is 43.0. The monoisotopic (exact) mass is 434 g/mol. The molecule has 2 aliphatic heterocycles.